The Labute approximate surface area is 151 Å². The molecule has 0 aliphatic carbocycles. The van der Waals surface area contributed by atoms with Gasteiger partial charge in [-0.3, -0.25) is 18.7 Å². The molecule has 0 saturated heterocycles. The minimum atomic E-state index is -4.66. The zero-order valence-electron chi connectivity index (χ0n) is 14.0. The molecule has 0 radical (unpaired) electrons. The van der Waals surface area contributed by atoms with Crippen LogP contribution in [-0.2, 0) is 29.8 Å². The molecule has 0 heterocycles. The van der Waals surface area contributed by atoms with Gasteiger partial charge in [-0.25, -0.2) is 0 Å². The Balaban J connectivity index is 0. The van der Waals surface area contributed by atoms with Crippen molar-refractivity contribution >= 4 is 32.1 Å². The van der Waals surface area contributed by atoms with Gasteiger partial charge >= 0.3 is 0 Å². The summed E-state index contributed by atoms with van der Waals surface area (Å²) >= 11 is 0. The molecule has 0 unspecified atom stereocenters. The highest BCUT2D eigenvalue weighted by Crippen LogP contribution is 2.19. The van der Waals surface area contributed by atoms with Crippen molar-refractivity contribution in [3.63, 3.8) is 0 Å². The lowest BCUT2D eigenvalue weighted by atomic mass is 10.3. The fourth-order valence-corrected chi connectivity index (χ4v) is 2.65. The lowest BCUT2D eigenvalue weighted by molar-refractivity contribution is -0.115. The zero-order chi connectivity index (χ0) is 21.3. The first kappa shape index (κ1) is 25.7. The van der Waals surface area contributed by atoms with Crippen LogP contribution in [0.1, 0.15) is 13.8 Å². The number of nitrogens with two attached hydrogens (primary N) is 2. The highest BCUT2D eigenvalue weighted by atomic mass is 32.2. The van der Waals surface area contributed by atoms with Gasteiger partial charge in [0.25, 0.3) is 20.2 Å². The first-order valence-electron chi connectivity index (χ1n) is 6.46. The number of carbonyl (C=O) groups excluding carboxylic acids is 2. The quantitative estimate of drug-likeness (QED) is 0.402. The van der Waals surface area contributed by atoms with E-state index in [1.165, 1.54) is 12.1 Å². The molecule has 1 aromatic rings. The molecular formula is C14H20N2O8S2. The maximum Gasteiger partial charge on any atom is 0.295 e. The van der Waals surface area contributed by atoms with Crippen molar-refractivity contribution < 1.29 is 35.5 Å². The van der Waals surface area contributed by atoms with Crippen LogP contribution in [0.2, 0.25) is 0 Å². The summed E-state index contributed by atoms with van der Waals surface area (Å²) in [6.07, 6.45) is 0. The van der Waals surface area contributed by atoms with Gasteiger partial charge in [-0.2, -0.15) is 16.8 Å². The first-order chi connectivity index (χ1) is 11.5. The topological polar surface area (TPSA) is 195 Å². The largest absolute Gasteiger partial charge is 0.366 e. The van der Waals surface area contributed by atoms with Gasteiger partial charge in [0.1, 0.15) is 9.79 Å². The highest BCUT2D eigenvalue weighted by Gasteiger charge is 2.22. The smallest absolute Gasteiger partial charge is 0.295 e. The molecule has 1 rings (SSSR count). The van der Waals surface area contributed by atoms with Crippen LogP contribution in [0.3, 0.4) is 0 Å². The molecule has 0 aliphatic rings. The summed E-state index contributed by atoms with van der Waals surface area (Å²) in [6.45, 7) is 9.70. The van der Waals surface area contributed by atoms with Crippen LogP contribution >= 0.6 is 0 Å². The SMILES string of the molecule is C=C(C)C(N)=O.C=C(C)C(N)=O.O=S(=O)(O)c1ccccc1S(=O)(=O)O. The minimum Gasteiger partial charge on any atom is -0.366 e. The monoisotopic (exact) mass is 408 g/mol. The molecule has 0 spiro atoms. The third-order valence-corrected chi connectivity index (χ3v) is 4.20. The van der Waals surface area contributed by atoms with Crippen LogP contribution < -0.4 is 11.5 Å². The highest BCUT2D eigenvalue weighted by molar-refractivity contribution is 7.89. The van der Waals surface area contributed by atoms with Crippen molar-refractivity contribution in [3.8, 4) is 0 Å². The van der Waals surface area contributed by atoms with E-state index in [0.29, 0.717) is 11.1 Å². The molecule has 0 aliphatic heterocycles. The van der Waals surface area contributed by atoms with Crippen molar-refractivity contribution in [1.82, 2.24) is 0 Å². The van der Waals surface area contributed by atoms with Crippen LogP contribution in [0.4, 0.5) is 0 Å². The molecular weight excluding hydrogens is 388 g/mol. The number of rotatable bonds is 4. The number of hydrogen-bond acceptors (Lipinski definition) is 6. The molecule has 0 atom stereocenters. The zero-order valence-corrected chi connectivity index (χ0v) is 15.7. The lowest BCUT2D eigenvalue weighted by Crippen LogP contribution is -2.10. The maximum absolute atomic E-state index is 10.7. The van der Waals surface area contributed by atoms with E-state index in [4.69, 9.17) is 20.6 Å². The van der Waals surface area contributed by atoms with E-state index in [0.717, 1.165) is 12.1 Å². The van der Waals surface area contributed by atoms with Crippen molar-refractivity contribution in [1.29, 1.82) is 0 Å². The summed E-state index contributed by atoms with van der Waals surface area (Å²) in [5, 5.41) is 0. The molecule has 0 bridgehead atoms. The summed E-state index contributed by atoms with van der Waals surface area (Å²) in [6, 6.07) is 4.19. The van der Waals surface area contributed by atoms with Gasteiger partial charge in [-0.15, -0.1) is 0 Å². The van der Waals surface area contributed by atoms with Gasteiger partial charge < -0.3 is 11.5 Å². The Morgan fingerprint density at radius 3 is 1.12 bits per heavy atom. The third-order valence-electron chi connectivity index (χ3n) is 2.25. The van der Waals surface area contributed by atoms with Gasteiger partial charge in [-0.1, -0.05) is 25.3 Å². The van der Waals surface area contributed by atoms with Crippen LogP contribution in [0.15, 0.2) is 58.4 Å². The number of primary amides is 2. The van der Waals surface area contributed by atoms with Gasteiger partial charge in [-0.05, 0) is 26.0 Å². The van der Waals surface area contributed by atoms with Gasteiger partial charge in [0.15, 0.2) is 0 Å². The first-order valence-corrected chi connectivity index (χ1v) is 9.34. The van der Waals surface area contributed by atoms with Crippen molar-refractivity contribution in [2.45, 2.75) is 23.6 Å². The average Bonchev–Trinajstić information content (AvgIpc) is 2.46. The lowest BCUT2D eigenvalue weighted by Gasteiger charge is -2.02. The molecule has 6 N–H and O–H groups in total. The molecule has 1 aromatic carbocycles. The molecule has 10 nitrogen and oxygen atoms in total. The molecule has 0 fully saturated rings. The Morgan fingerprint density at radius 1 is 0.808 bits per heavy atom. The summed E-state index contributed by atoms with van der Waals surface area (Å²) < 4.78 is 60.0. The number of hydrogen-bond donors (Lipinski definition) is 4. The fourth-order valence-electron chi connectivity index (χ4n) is 0.876. The van der Waals surface area contributed by atoms with Gasteiger partial charge in [0.2, 0.25) is 11.8 Å². The van der Waals surface area contributed by atoms with E-state index >= 15 is 0 Å². The summed E-state index contributed by atoms with van der Waals surface area (Å²) in [5.74, 6) is -0.870. The molecule has 12 heteroatoms. The predicted molar refractivity (Wildman–Crippen MR) is 94.1 cm³/mol. The van der Waals surface area contributed by atoms with E-state index < -0.39 is 41.8 Å². The Kier molecular flexibility index (Phi) is 10.3. The number of carbonyl (C=O) groups is 2. The second kappa shape index (κ2) is 10.5. The molecule has 2 amide bonds. The third kappa shape index (κ3) is 11.1. The number of amides is 2. The summed E-state index contributed by atoms with van der Waals surface area (Å²) in [7, 11) is -9.31. The molecule has 146 valence electrons. The van der Waals surface area contributed by atoms with E-state index in [2.05, 4.69) is 13.2 Å². The molecule has 0 saturated carbocycles. The summed E-state index contributed by atoms with van der Waals surface area (Å²) in [4.78, 5) is 18.0. The standard InChI is InChI=1S/C6H6O6S2.2C4H7NO/c7-13(8,9)5-3-1-2-4-6(5)14(10,11)12;2*1-3(2)4(5)6/h1-4H,(H,7,8,9)(H,10,11,12);2*1H2,2H3,(H2,5,6). The fraction of sp³-hybridized carbons (Fsp3) is 0.143. The Hall–Kier alpha value is -2.54. The van der Waals surface area contributed by atoms with E-state index in [1.54, 1.807) is 13.8 Å². The predicted octanol–water partition coefficient (Wildman–Crippen LogP) is 0.276. The van der Waals surface area contributed by atoms with Crippen LogP contribution in [-0.4, -0.2) is 37.8 Å². The van der Waals surface area contributed by atoms with Crippen LogP contribution in [0.25, 0.3) is 0 Å². The van der Waals surface area contributed by atoms with E-state index in [-0.39, 0.29) is 0 Å². The number of benzene rings is 1. The normalized spacial score (nSPS) is 10.3. The van der Waals surface area contributed by atoms with Crippen LogP contribution in [0, 0.1) is 0 Å². The average molecular weight is 408 g/mol. The molecule has 26 heavy (non-hydrogen) atoms. The second-order valence-corrected chi connectivity index (χ2v) is 7.47. The van der Waals surface area contributed by atoms with Crippen molar-refractivity contribution in [2.75, 3.05) is 0 Å². The van der Waals surface area contributed by atoms with Gasteiger partial charge in [0, 0.05) is 11.1 Å². The minimum absolute atomic E-state index is 0.398. The van der Waals surface area contributed by atoms with Crippen molar-refractivity contribution in [2.24, 2.45) is 11.5 Å². The Morgan fingerprint density at radius 2 is 1.00 bits per heavy atom. The van der Waals surface area contributed by atoms with E-state index in [9.17, 15) is 26.4 Å². The van der Waals surface area contributed by atoms with Crippen LogP contribution in [0.5, 0.6) is 0 Å². The van der Waals surface area contributed by atoms with Gasteiger partial charge in [0.05, 0.1) is 0 Å². The second-order valence-electron chi connectivity index (χ2n) is 4.69. The van der Waals surface area contributed by atoms with Crippen molar-refractivity contribution in [3.05, 3.63) is 48.6 Å². The Bertz CT molecular complexity index is 804. The van der Waals surface area contributed by atoms with E-state index in [1.807, 2.05) is 0 Å². The maximum atomic E-state index is 10.7. The molecule has 0 aromatic heterocycles. The summed E-state index contributed by atoms with van der Waals surface area (Å²) in [5.41, 5.74) is 10.2.